The van der Waals surface area contributed by atoms with Crippen LogP contribution in [-0.2, 0) is 20.0 Å². The normalized spacial score (nSPS) is 22.0. The molecule has 110 valence electrons. The molecule has 0 aromatic heterocycles. The van der Waals surface area contributed by atoms with E-state index in [1.54, 1.807) is 19.5 Å². The second-order valence-corrected chi connectivity index (χ2v) is 22.4. The van der Waals surface area contributed by atoms with Gasteiger partial charge in [-0.05, 0) is 0 Å². The third-order valence-electron chi connectivity index (χ3n) is 5.19. The van der Waals surface area contributed by atoms with Crippen LogP contribution in [0, 0.1) is 0 Å². The van der Waals surface area contributed by atoms with Crippen molar-refractivity contribution in [2.45, 2.75) is 31.8 Å². The standard InChI is InChI=1S/C9H7.C7H9.C2H4.2ClH.Hf/c1-2-5-9-7-3-6-8(9)4-1;1-2-7-5-3-4-6-7;1-2;;;/h1-7H;3,5H,2,4H2,1H3;1-2H2;2*1H;/q;;;;;+2/p-2. The maximum Gasteiger partial charge on any atom is -1.00 e. The minimum absolute atomic E-state index is 0. The minimum atomic E-state index is -2.18. The fraction of sp³-hybridized carbons (Fsp3) is 0.333. The molecule has 1 aromatic rings. The van der Waals surface area contributed by atoms with Gasteiger partial charge in [0, 0.05) is 0 Å². The molecule has 21 heavy (non-hydrogen) atoms. The first-order chi connectivity index (χ1) is 9.35. The molecule has 1 heterocycles. The molecule has 1 fully saturated rings. The SMILES string of the molecule is CCC1=[C]([Hf+2]2([CH]3C=Cc4ccccc43)[CH2][CH2]2)CC=C1.[Cl-].[Cl-]. The fourth-order valence-electron chi connectivity index (χ4n) is 4.07. The summed E-state index contributed by atoms with van der Waals surface area (Å²) >= 11 is -2.18. The van der Waals surface area contributed by atoms with Gasteiger partial charge in [0.2, 0.25) is 0 Å². The van der Waals surface area contributed by atoms with Gasteiger partial charge in [-0.1, -0.05) is 0 Å². The summed E-state index contributed by atoms with van der Waals surface area (Å²) in [5, 5.41) is 0. The van der Waals surface area contributed by atoms with Crippen molar-refractivity contribution in [3.8, 4) is 0 Å². The fourth-order valence-corrected chi connectivity index (χ4v) is 28.6. The van der Waals surface area contributed by atoms with E-state index in [1.165, 1.54) is 18.4 Å². The van der Waals surface area contributed by atoms with Crippen molar-refractivity contribution < 1.29 is 44.8 Å². The first-order valence-corrected chi connectivity index (χ1v) is 16.5. The largest absolute Gasteiger partial charge is 1.00 e. The maximum atomic E-state index is 2.55. The van der Waals surface area contributed by atoms with Crippen LogP contribution in [0.5, 0.6) is 0 Å². The predicted octanol–water partition coefficient (Wildman–Crippen LogP) is -0.609. The average Bonchev–Trinajstić information content (AvgIpc) is 2.93. The molecular weight excluding hydrogens is 466 g/mol. The number of benzene rings is 1. The van der Waals surface area contributed by atoms with E-state index in [1.807, 2.05) is 3.33 Å². The van der Waals surface area contributed by atoms with Crippen molar-refractivity contribution in [2.75, 3.05) is 0 Å². The number of hydrogen-bond donors (Lipinski definition) is 0. The third-order valence-corrected chi connectivity index (χ3v) is 23.2. The Morgan fingerprint density at radius 3 is 2.57 bits per heavy atom. The summed E-state index contributed by atoms with van der Waals surface area (Å²) in [5.41, 5.74) is 4.84. The van der Waals surface area contributed by atoms with Crippen LogP contribution in [0.1, 0.15) is 34.6 Å². The predicted molar refractivity (Wildman–Crippen MR) is 78.9 cm³/mol. The van der Waals surface area contributed by atoms with Gasteiger partial charge in [-0.3, -0.25) is 0 Å². The number of hydrogen-bond acceptors (Lipinski definition) is 0. The van der Waals surface area contributed by atoms with Crippen molar-refractivity contribution >= 4 is 6.08 Å². The monoisotopic (exact) mass is 486 g/mol. The molecule has 0 saturated carbocycles. The number of fused-ring (bicyclic) bond motifs is 1. The van der Waals surface area contributed by atoms with Crippen LogP contribution in [0.4, 0.5) is 0 Å². The number of rotatable bonds is 3. The molecule has 1 atom stereocenters. The number of halogens is 2. The maximum absolute atomic E-state index is 2.55. The van der Waals surface area contributed by atoms with Crippen LogP contribution < -0.4 is 24.8 Å². The second kappa shape index (κ2) is 6.56. The molecule has 0 radical (unpaired) electrons. The van der Waals surface area contributed by atoms with E-state index >= 15 is 0 Å². The molecule has 1 aromatic carbocycles. The Labute approximate surface area is 144 Å². The van der Waals surface area contributed by atoms with Gasteiger partial charge < -0.3 is 24.8 Å². The summed E-state index contributed by atoms with van der Waals surface area (Å²) in [6, 6.07) is 9.08. The summed E-state index contributed by atoms with van der Waals surface area (Å²) < 4.78 is 6.00. The van der Waals surface area contributed by atoms with Crippen LogP contribution in [0.15, 0.2) is 51.4 Å². The Morgan fingerprint density at radius 2 is 1.86 bits per heavy atom. The Hall–Kier alpha value is -0.110. The van der Waals surface area contributed by atoms with Crippen molar-refractivity contribution in [3.05, 3.63) is 62.5 Å². The van der Waals surface area contributed by atoms with E-state index in [0.29, 0.717) is 0 Å². The third kappa shape index (κ3) is 2.66. The van der Waals surface area contributed by atoms with Crippen LogP contribution in [0.2, 0.25) is 8.35 Å². The molecule has 0 amide bonds. The zero-order chi connectivity index (χ0) is 12.9. The molecule has 4 rings (SSSR count). The van der Waals surface area contributed by atoms with Gasteiger partial charge in [0.25, 0.3) is 0 Å². The molecule has 1 saturated heterocycles. The quantitative estimate of drug-likeness (QED) is 0.502. The Morgan fingerprint density at radius 1 is 1.10 bits per heavy atom. The molecule has 2 aliphatic carbocycles. The first-order valence-electron chi connectivity index (χ1n) is 7.51. The zero-order valence-corrected chi connectivity index (χ0v) is 17.4. The smallest absolute Gasteiger partial charge is 1.00 e. The van der Waals surface area contributed by atoms with Gasteiger partial charge in [0.05, 0.1) is 0 Å². The molecule has 0 bridgehead atoms. The molecule has 3 heteroatoms. The summed E-state index contributed by atoms with van der Waals surface area (Å²) in [5.74, 6) is 0. The van der Waals surface area contributed by atoms with Gasteiger partial charge in [-0.15, -0.1) is 0 Å². The van der Waals surface area contributed by atoms with E-state index in [2.05, 4.69) is 55.5 Å². The summed E-state index contributed by atoms with van der Waals surface area (Å²) in [4.78, 5) is 0. The molecule has 3 aliphatic rings. The number of allylic oxidation sites excluding steroid dienone is 5. The van der Waals surface area contributed by atoms with E-state index < -0.39 is 20.0 Å². The molecule has 0 nitrogen and oxygen atoms in total. The van der Waals surface area contributed by atoms with E-state index in [-0.39, 0.29) is 24.8 Å². The van der Waals surface area contributed by atoms with Gasteiger partial charge in [0.1, 0.15) is 0 Å². The molecular formula is C18H20Cl2Hf. The van der Waals surface area contributed by atoms with Gasteiger partial charge in [-0.2, -0.15) is 0 Å². The topological polar surface area (TPSA) is 0 Å². The van der Waals surface area contributed by atoms with Crippen molar-refractivity contribution in [3.63, 3.8) is 0 Å². The summed E-state index contributed by atoms with van der Waals surface area (Å²) in [6.07, 6.45) is 12.3. The molecule has 0 spiro atoms. The van der Waals surface area contributed by atoms with Gasteiger partial charge in [-0.25, -0.2) is 0 Å². The van der Waals surface area contributed by atoms with Crippen LogP contribution >= 0.6 is 0 Å². The molecule has 1 aliphatic heterocycles. The molecule has 0 N–H and O–H groups in total. The van der Waals surface area contributed by atoms with Gasteiger partial charge >= 0.3 is 120 Å². The van der Waals surface area contributed by atoms with Crippen molar-refractivity contribution in [1.29, 1.82) is 0 Å². The van der Waals surface area contributed by atoms with Gasteiger partial charge in [0.15, 0.2) is 0 Å². The zero-order valence-electron chi connectivity index (χ0n) is 12.3. The average molecular weight is 486 g/mol. The summed E-state index contributed by atoms with van der Waals surface area (Å²) in [6.45, 7) is 2.33. The minimum Gasteiger partial charge on any atom is -1.00 e. The Balaban J connectivity index is 0.000000807. The summed E-state index contributed by atoms with van der Waals surface area (Å²) in [7, 11) is 0. The van der Waals surface area contributed by atoms with Crippen molar-refractivity contribution in [1.82, 2.24) is 0 Å². The van der Waals surface area contributed by atoms with Crippen LogP contribution in [-0.4, -0.2) is 0 Å². The second-order valence-electron chi connectivity index (χ2n) is 6.09. The first kappa shape index (κ1) is 17.2. The van der Waals surface area contributed by atoms with Crippen LogP contribution in [0.3, 0.4) is 0 Å². The van der Waals surface area contributed by atoms with Crippen LogP contribution in [0.25, 0.3) is 6.08 Å². The van der Waals surface area contributed by atoms with Crippen molar-refractivity contribution in [2.24, 2.45) is 0 Å². The van der Waals surface area contributed by atoms with E-state index in [0.717, 1.165) is 3.67 Å². The van der Waals surface area contributed by atoms with E-state index in [9.17, 15) is 0 Å². The van der Waals surface area contributed by atoms with E-state index in [4.69, 9.17) is 0 Å². The Bertz CT molecular complexity index is 624. The Kier molecular flexibility index (Phi) is 5.39. The molecule has 1 unspecified atom stereocenters.